The maximum atomic E-state index is 11.6. The SMILES string of the molecule is CCCCC(=O)NCCC(C)(O)c1ccc(-c2ccccc2)cc1. The molecular formula is C21H27NO2. The lowest BCUT2D eigenvalue weighted by molar-refractivity contribution is -0.121. The molecule has 0 saturated carbocycles. The number of hydrogen-bond acceptors (Lipinski definition) is 2. The average molecular weight is 325 g/mol. The Morgan fingerprint density at radius 1 is 1.04 bits per heavy atom. The van der Waals surface area contributed by atoms with Crippen LogP contribution in [0.15, 0.2) is 54.6 Å². The molecule has 0 aliphatic heterocycles. The predicted octanol–water partition coefficient (Wildman–Crippen LogP) is 4.26. The lowest BCUT2D eigenvalue weighted by Gasteiger charge is -2.24. The number of rotatable bonds is 8. The number of carbonyl (C=O) groups is 1. The summed E-state index contributed by atoms with van der Waals surface area (Å²) in [5.74, 6) is 0.0621. The Balaban J connectivity index is 1.93. The van der Waals surface area contributed by atoms with Crippen molar-refractivity contribution < 1.29 is 9.90 Å². The molecule has 0 aliphatic rings. The summed E-state index contributed by atoms with van der Waals surface area (Å²) in [5, 5.41) is 13.6. The second-order valence-corrected chi connectivity index (χ2v) is 6.42. The highest BCUT2D eigenvalue weighted by Gasteiger charge is 2.22. The fraction of sp³-hybridized carbons (Fsp3) is 0.381. The summed E-state index contributed by atoms with van der Waals surface area (Å²) in [6.45, 7) is 4.34. The number of hydrogen-bond donors (Lipinski definition) is 2. The lowest BCUT2D eigenvalue weighted by Crippen LogP contribution is -2.31. The predicted molar refractivity (Wildman–Crippen MR) is 98.6 cm³/mol. The summed E-state index contributed by atoms with van der Waals surface area (Å²) in [5.41, 5.74) is 2.20. The Hall–Kier alpha value is -2.13. The summed E-state index contributed by atoms with van der Waals surface area (Å²) >= 11 is 0. The van der Waals surface area contributed by atoms with Gasteiger partial charge < -0.3 is 10.4 Å². The molecule has 1 atom stereocenters. The highest BCUT2D eigenvalue weighted by atomic mass is 16.3. The maximum absolute atomic E-state index is 11.6. The summed E-state index contributed by atoms with van der Waals surface area (Å²) in [4.78, 5) is 11.6. The first-order chi connectivity index (χ1) is 11.5. The molecule has 0 aromatic heterocycles. The van der Waals surface area contributed by atoms with Gasteiger partial charge >= 0.3 is 0 Å². The first kappa shape index (κ1) is 18.2. The smallest absolute Gasteiger partial charge is 0.219 e. The van der Waals surface area contributed by atoms with Crippen LogP contribution >= 0.6 is 0 Å². The third-order valence-corrected chi connectivity index (χ3v) is 4.31. The van der Waals surface area contributed by atoms with Gasteiger partial charge in [0.05, 0.1) is 5.60 Å². The van der Waals surface area contributed by atoms with E-state index < -0.39 is 5.60 Å². The van der Waals surface area contributed by atoms with E-state index in [1.807, 2.05) is 42.5 Å². The molecule has 0 spiro atoms. The van der Waals surface area contributed by atoms with Gasteiger partial charge in [0.15, 0.2) is 0 Å². The minimum atomic E-state index is -0.951. The van der Waals surface area contributed by atoms with Gasteiger partial charge in [-0.25, -0.2) is 0 Å². The number of nitrogens with one attached hydrogen (secondary N) is 1. The molecule has 3 nitrogen and oxygen atoms in total. The standard InChI is InChI=1S/C21H27NO2/c1-3-4-10-20(23)22-16-15-21(2,24)19-13-11-18(12-14-19)17-8-6-5-7-9-17/h5-9,11-14,24H,3-4,10,15-16H2,1-2H3,(H,22,23). The molecule has 24 heavy (non-hydrogen) atoms. The van der Waals surface area contributed by atoms with Crippen molar-refractivity contribution in [2.24, 2.45) is 0 Å². The largest absolute Gasteiger partial charge is 0.385 e. The number of unbranched alkanes of at least 4 members (excludes halogenated alkanes) is 1. The van der Waals surface area contributed by atoms with E-state index >= 15 is 0 Å². The van der Waals surface area contributed by atoms with Crippen molar-refractivity contribution in [2.45, 2.75) is 45.1 Å². The molecule has 128 valence electrons. The van der Waals surface area contributed by atoms with Gasteiger partial charge in [-0.15, -0.1) is 0 Å². The van der Waals surface area contributed by atoms with Crippen LogP contribution in [0.25, 0.3) is 11.1 Å². The van der Waals surface area contributed by atoms with Crippen molar-refractivity contribution >= 4 is 5.91 Å². The van der Waals surface area contributed by atoms with Gasteiger partial charge in [0.1, 0.15) is 0 Å². The third-order valence-electron chi connectivity index (χ3n) is 4.31. The molecule has 0 radical (unpaired) electrons. The molecule has 2 N–H and O–H groups in total. The molecule has 0 bridgehead atoms. The fourth-order valence-electron chi connectivity index (χ4n) is 2.67. The van der Waals surface area contributed by atoms with Crippen LogP contribution < -0.4 is 5.32 Å². The second kappa shape index (κ2) is 8.65. The summed E-state index contributed by atoms with van der Waals surface area (Å²) in [7, 11) is 0. The second-order valence-electron chi connectivity index (χ2n) is 6.42. The Bertz CT molecular complexity index is 633. The topological polar surface area (TPSA) is 49.3 Å². The zero-order valence-corrected chi connectivity index (χ0v) is 14.6. The van der Waals surface area contributed by atoms with Gasteiger partial charge in [-0.3, -0.25) is 4.79 Å². The fourth-order valence-corrected chi connectivity index (χ4v) is 2.67. The van der Waals surface area contributed by atoms with E-state index in [0.717, 1.165) is 29.5 Å². The highest BCUT2D eigenvalue weighted by molar-refractivity contribution is 5.75. The van der Waals surface area contributed by atoms with Crippen molar-refractivity contribution in [3.8, 4) is 11.1 Å². The van der Waals surface area contributed by atoms with Gasteiger partial charge in [-0.2, -0.15) is 0 Å². The monoisotopic (exact) mass is 325 g/mol. The molecule has 2 aromatic carbocycles. The van der Waals surface area contributed by atoms with Crippen LogP contribution in [0.5, 0.6) is 0 Å². The molecular weight excluding hydrogens is 298 g/mol. The third kappa shape index (κ3) is 5.20. The Morgan fingerprint density at radius 3 is 2.29 bits per heavy atom. The molecule has 0 aliphatic carbocycles. The molecule has 2 rings (SSSR count). The van der Waals surface area contributed by atoms with E-state index in [4.69, 9.17) is 0 Å². The van der Waals surface area contributed by atoms with Crippen LogP contribution in [0.2, 0.25) is 0 Å². The number of aliphatic hydroxyl groups is 1. The van der Waals surface area contributed by atoms with Crippen LogP contribution in [0, 0.1) is 0 Å². The molecule has 2 aromatic rings. The summed E-state index contributed by atoms with van der Waals surface area (Å²) < 4.78 is 0. The van der Waals surface area contributed by atoms with Crippen LogP contribution in [-0.2, 0) is 10.4 Å². The van der Waals surface area contributed by atoms with Crippen molar-refractivity contribution in [1.82, 2.24) is 5.32 Å². The van der Waals surface area contributed by atoms with E-state index in [1.165, 1.54) is 0 Å². The van der Waals surface area contributed by atoms with Gasteiger partial charge in [0, 0.05) is 13.0 Å². The maximum Gasteiger partial charge on any atom is 0.219 e. The molecule has 0 saturated heterocycles. The van der Waals surface area contributed by atoms with Crippen LogP contribution in [-0.4, -0.2) is 17.6 Å². The Morgan fingerprint density at radius 2 is 1.67 bits per heavy atom. The number of carbonyl (C=O) groups excluding carboxylic acids is 1. The van der Waals surface area contributed by atoms with Gasteiger partial charge in [-0.05, 0) is 36.5 Å². The minimum absolute atomic E-state index is 0.0621. The summed E-state index contributed by atoms with van der Waals surface area (Å²) in [6.07, 6.45) is 2.97. The van der Waals surface area contributed by atoms with Crippen molar-refractivity contribution in [3.63, 3.8) is 0 Å². The summed E-state index contributed by atoms with van der Waals surface area (Å²) in [6, 6.07) is 18.1. The van der Waals surface area contributed by atoms with E-state index in [9.17, 15) is 9.90 Å². The Labute approximate surface area is 144 Å². The first-order valence-corrected chi connectivity index (χ1v) is 8.68. The van der Waals surface area contributed by atoms with Gasteiger partial charge in [-0.1, -0.05) is 67.9 Å². The van der Waals surface area contributed by atoms with Crippen molar-refractivity contribution in [1.29, 1.82) is 0 Å². The van der Waals surface area contributed by atoms with Gasteiger partial charge in [0.25, 0.3) is 0 Å². The quantitative estimate of drug-likeness (QED) is 0.762. The van der Waals surface area contributed by atoms with Crippen LogP contribution in [0.3, 0.4) is 0 Å². The minimum Gasteiger partial charge on any atom is -0.385 e. The van der Waals surface area contributed by atoms with E-state index in [2.05, 4.69) is 24.4 Å². The molecule has 3 heteroatoms. The van der Waals surface area contributed by atoms with Crippen LogP contribution in [0.1, 0.15) is 45.1 Å². The Kier molecular flexibility index (Phi) is 6.56. The van der Waals surface area contributed by atoms with E-state index in [-0.39, 0.29) is 5.91 Å². The van der Waals surface area contributed by atoms with E-state index in [1.54, 1.807) is 6.92 Å². The number of amides is 1. The molecule has 1 unspecified atom stereocenters. The number of benzene rings is 2. The zero-order chi connectivity index (χ0) is 17.4. The molecule has 0 fully saturated rings. The van der Waals surface area contributed by atoms with Crippen molar-refractivity contribution in [2.75, 3.05) is 6.54 Å². The first-order valence-electron chi connectivity index (χ1n) is 8.68. The van der Waals surface area contributed by atoms with Gasteiger partial charge in [0.2, 0.25) is 5.91 Å². The molecule has 0 heterocycles. The highest BCUT2D eigenvalue weighted by Crippen LogP contribution is 2.27. The lowest BCUT2D eigenvalue weighted by atomic mass is 9.91. The zero-order valence-electron chi connectivity index (χ0n) is 14.6. The average Bonchev–Trinajstić information content (AvgIpc) is 2.60. The van der Waals surface area contributed by atoms with Crippen molar-refractivity contribution in [3.05, 3.63) is 60.2 Å². The van der Waals surface area contributed by atoms with Crippen LogP contribution in [0.4, 0.5) is 0 Å². The normalized spacial score (nSPS) is 13.3. The van der Waals surface area contributed by atoms with E-state index in [0.29, 0.717) is 19.4 Å². The molecule has 1 amide bonds.